The van der Waals surface area contributed by atoms with Crippen molar-refractivity contribution in [3.8, 4) is 0 Å². The van der Waals surface area contributed by atoms with Crippen molar-refractivity contribution in [2.75, 3.05) is 26.4 Å². The smallest absolute Gasteiger partial charge is 0.462 e. The number of hydrogen-bond donors (Lipinski definition) is 3. The van der Waals surface area contributed by atoms with Crippen molar-refractivity contribution < 1.29 is 47.8 Å². The molecule has 0 saturated heterocycles. The van der Waals surface area contributed by atoms with Gasteiger partial charge >= 0.3 is 19.8 Å². The van der Waals surface area contributed by atoms with Gasteiger partial charge in [0.2, 0.25) is 0 Å². The Labute approximate surface area is 346 Å². The van der Waals surface area contributed by atoms with Gasteiger partial charge in [-0.25, -0.2) is 4.57 Å². The molecule has 0 aliphatic heterocycles. The Hall–Kier alpha value is -2.33. The zero-order valence-electron chi connectivity index (χ0n) is 35.8. The average molecular weight is 825 g/mol. The highest BCUT2D eigenvalue weighted by atomic mass is 31.2. The van der Waals surface area contributed by atoms with E-state index in [4.69, 9.17) is 19.1 Å². The van der Waals surface area contributed by atoms with Crippen LogP contribution in [-0.4, -0.2) is 65.7 Å². The summed E-state index contributed by atoms with van der Waals surface area (Å²) >= 11 is 0. The zero-order valence-corrected chi connectivity index (χ0v) is 36.7. The molecule has 0 heterocycles. The Morgan fingerprint density at radius 1 is 0.544 bits per heavy atom. The third-order valence-corrected chi connectivity index (χ3v) is 10.1. The van der Waals surface area contributed by atoms with Gasteiger partial charge in [0.05, 0.1) is 19.8 Å². The van der Waals surface area contributed by atoms with Crippen molar-refractivity contribution in [2.45, 2.75) is 193 Å². The first-order valence-corrected chi connectivity index (χ1v) is 23.7. The van der Waals surface area contributed by atoms with Crippen LogP contribution in [0, 0.1) is 0 Å². The minimum atomic E-state index is -4.63. The molecule has 0 bridgehead atoms. The summed E-state index contributed by atoms with van der Waals surface area (Å²) in [4.78, 5) is 35.0. The molecule has 0 aromatic carbocycles. The third kappa shape index (κ3) is 41.6. The van der Waals surface area contributed by atoms with Gasteiger partial charge in [0.25, 0.3) is 0 Å². The second-order valence-electron chi connectivity index (χ2n) is 14.7. The van der Waals surface area contributed by atoms with Gasteiger partial charge < -0.3 is 24.6 Å². The fourth-order valence-electron chi connectivity index (χ4n) is 5.74. The highest BCUT2D eigenvalue weighted by Gasteiger charge is 2.27. The first kappa shape index (κ1) is 54.7. The van der Waals surface area contributed by atoms with Crippen molar-refractivity contribution >= 4 is 19.8 Å². The Kier molecular flexibility index (Phi) is 40.1. The molecule has 57 heavy (non-hydrogen) atoms. The SMILES string of the molecule is CC/C=C\C/C=C\C/C=C\C/C=C\CCCCCCC(=O)OC(COC(=O)CCCCCCCCC/C=C\CCCCCCCC)COP(=O)(O)OCC(O)CO. The molecule has 0 fully saturated rings. The largest absolute Gasteiger partial charge is 0.472 e. The van der Waals surface area contributed by atoms with Crippen LogP contribution in [0.5, 0.6) is 0 Å². The van der Waals surface area contributed by atoms with Gasteiger partial charge in [0, 0.05) is 12.8 Å². The monoisotopic (exact) mass is 825 g/mol. The van der Waals surface area contributed by atoms with Crippen LogP contribution >= 0.6 is 7.82 Å². The number of aliphatic hydroxyl groups excluding tert-OH is 2. The Morgan fingerprint density at radius 2 is 0.965 bits per heavy atom. The standard InChI is InChI=1S/C46H81O10P/c1-3-5-7-9-11-13-15-17-19-21-23-25-27-29-31-33-35-37-45(49)53-41-44(42-55-57(51,52)54-40-43(48)39-47)56-46(50)38-36-34-32-30-28-26-24-22-20-18-16-14-12-10-8-6-4-2/h6,8,12,14,17-20,24,26,43-44,47-48H,3-5,7,9-11,13,15-16,21-23,25,27-42H2,1-2H3,(H,51,52)/b8-6-,14-12-,19-17-,20-18-,26-24-. The topological polar surface area (TPSA) is 149 Å². The number of rotatable bonds is 41. The van der Waals surface area contributed by atoms with Crippen LogP contribution in [0.25, 0.3) is 0 Å². The van der Waals surface area contributed by atoms with Gasteiger partial charge in [0.15, 0.2) is 6.10 Å². The van der Waals surface area contributed by atoms with E-state index in [2.05, 4.69) is 79.1 Å². The van der Waals surface area contributed by atoms with Crippen molar-refractivity contribution in [3.63, 3.8) is 0 Å². The van der Waals surface area contributed by atoms with E-state index >= 15 is 0 Å². The second kappa shape index (κ2) is 41.8. The van der Waals surface area contributed by atoms with Gasteiger partial charge in [0.1, 0.15) is 12.7 Å². The van der Waals surface area contributed by atoms with E-state index in [1.165, 1.54) is 64.2 Å². The summed E-state index contributed by atoms with van der Waals surface area (Å²) in [6.07, 6.45) is 46.1. The predicted octanol–water partition coefficient (Wildman–Crippen LogP) is 11.9. The number of carbonyl (C=O) groups excluding carboxylic acids is 2. The lowest BCUT2D eigenvalue weighted by atomic mass is 10.1. The van der Waals surface area contributed by atoms with E-state index in [0.717, 1.165) is 77.0 Å². The van der Waals surface area contributed by atoms with Crippen molar-refractivity contribution in [1.82, 2.24) is 0 Å². The van der Waals surface area contributed by atoms with Crippen LogP contribution in [0.15, 0.2) is 60.8 Å². The molecule has 10 nitrogen and oxygen atoms in total. The molecule has 0 aliphatic carbocycles. The van der Waals surface area contributed by atoms with E-state index in [0.29, 0.717) is 12.8 Å². The number of phosphoric acid groups is 1. The maximum absolute atomic E-state index is 12.6. The first-order valence-electron chi connectivity index (χ1n) is 22.2. The molecule has 0 saturated carbocycles. The van der Waals surface area contributed by atoms with Gasteiger partial charge in [-0.05, 0) is 77.0 Å². The van der Waals surface area contributed by atoms with Crippen molar-refractivity contribution in [3.05, 3.63) is 60.8 Å². The molecule has 3 N–H and O–H groups in total. The van der Waals surface area contributed by atoms with E-state index in [1.54, 1.807) is 0 Å². The molecule has 0 radical (unpaired) electrons. The predicted molar refractivity (Wildman–Crippen MR) is 233 cm³/mol. The molecule has 3 unspecified atom stereocenters. The Balaban J connectivity index is 4.33. The molecule has 3 atom stereocenters. The summed E-state index contributed by atoms with van der Waals surface area (Å²) in [5.74, 6) is -0.960. The zero-order chi connectivity index (χ0) is 41.9. The van der Waals surface area contributed by atoms with Crippen LogP contribution in [0.1, 0.15) is 181 Å². The summed E-state index contributed by atoms with van der Waals surface area (Å²) in [5.41, 5.74) is 0. The Bertz CT molecular complexity index is 1130. The molecule has 0 spiro atoms. The van der Waals surface area contributed by atoms with E-state index in [-0.39, 0.29) is 19.4 Å². The van der Waals surface area contributed by atoms with Gasteiger partial charge in [-0.15, -0.1) is 0 Å². The number of hydrogen-bond acceptors (Lipinski definition) is 9. The number of unbranched alkanes of at least 4 members (excludes halogenated alkanes) is 17. The van der Waals surface area contributed by atoms with E-state index in [9.17, 15) is 24.2 Å². The van der Waals surface area contributed by atoms with E-state index in [1.807, 2.05) is 0 Å². The third-order valence-electron chi connectivity index (χ3n) is 9.16. The molecule has 0 aromatic heterocycles. The summed E-state index contributed by atoms with van der Waals surface area (Å²) in [5, 5.41) is 18.3. The molecule has 330 valence electrons. The van der Waals surface area contributed by atoms with Crippen molar-refractivity contribution in [2.24, 2.45) is 0 Å². The van der Waals surface area contributed by atoms with Crippen LogP contribution in [0.4, 0.5) is 0 Å². The first-order chi connectivity index (χ1) is 27.7. The van der Waals surface area contributed by atoms with E-state index < -0.39 is 51.8 Å². The number of phosphoric ester groups is 1. The quantitative estimate of drug-likeness (QED) is 0.0235. The lowest BCUT2D eigenvalue weighted by Crippen LogP contribution is -2.29. The number of allylic oxidation sites excluding steroid dienone is 10. The van der Waals surface area contributed by atoms with Crippen LogP contribution in [0.2, 0.25) is 0 Å². The summed E-state index contributed by atoms with van der Waals surface area (Å²) in [6, 6.07) is 0. The second-order valence-corrected chi connectivity index (χ2v) is 16.1. The highest BCUT2D eigenvalue weighted by Crippen LogP contribution is 2.43. The fraction of sp³-hybridized carbons (Fsp3) is 0.739. The maximum atomic E-state index is 12.6. The van der Waals surface area contributed by atoms with Crippen LogP contribution in [-0.2, 0) is 32.7 Å². The number of aliphatic hydroxyl groups is 2. The number of esters is 2. The lowest BCUT2D eigenvalue weighted by molar-refractivity contribution is -0.161. The fourth-order valence-corrected chi connectivity index (χ4v) is 6.53. The minimum Gasteiger partial charge on any atom is -0.462 e. The van der Waals surface area contributed by atoms with Gasteiger partial charge in [-0.3, -0.25) is 18.6 Å². The molecule has 0 rings (SSSR count). The molecule has 0 amide bonds. The molecule has 11 heteroatoms. The summed E-state index contributed by atoms with van der Waals surface area (Å²) < 4.78 is 32.7. The molecule has 0 aliphatic rings. The normalized spacial score (nSPS) is 14.4. The lowest BCUT2D eigenvalue weighted by Gasteiger charge is -2.20. The maximum Gasteiger partial charge on any atom is 0.472 e. The average Bonchev–Trinajstić information content (AvgIpc) is 3.20. The number of carbonyl (C=O) groups is 2. The van der Waals surface area contributed by atoms with Crippen LogP contribution < -0.4 is 0 Å². The Morgan fingerprint density at radius 3 is 1.47 bits per heavy atom. The van der Waals surface area contributed by atoms with Crippen LogP contribution in [0.3, 0.4) is 0 Å². The minimum absolute atomic E-state index is 0.153. The summed E-state index contributed by atoms with van der Waals surface area (Å²) in [6.45, 7) is 2.23. The number of ether oxygens (including phenoxy) is 2. The highest BCUT2D eigenvalue weighted by molar-refractivity contribution is 7.47. The van der Waals surface area contributed by atoms with Crippen molar-refractivity contribution in [1.29, 1.82) is 0 Å². The summed E-state index contributed by atoms with van der Waals surface area (Å²) in [7, 11) is -4.63. The molecular weight excluding hydrogens is 743 g/mol. The van der Waals surface area contributed by atoms with Gasteiger partial charge in [-0.1, -0.05) is 152 Å². The molecule has 0 aromatic rings. The van der Waals surface area contributed by atoms with Gasteiger partial charge in [-0.2, -0.15) is 0 Å². The molecular formula is C46H81O10P.